The second kappa shape index (κ2) is 10.8. The summed E-state index contributed by atoms with van der Waals surface area (Å²) in [5.41, 5.74) is 0. The zero-order chi connectivity index (χ0) is 24.0. The largest absolute Gasteiger partial charge is 0.414 e. The molecule has 0 aliphatic rings. The minimum atomic E-state index is -2.41. The third kappa shape index (κ3) is 6.43. The van der Waals surface area contributed by atoms with Gasteiger partial charge in [0, 0.05) is 12.7 Å². The minimum Gasteiger partial charge on any atom is -0.414 e. The first kappa shape index (κ1) is 27.0. The molecule has 0 saturated heterocycles. The van der Waals surface area contributed by atoms with Crippen LogP contribution in [0.25, 0.3) is 0 Å². The molecule has 1 unspecified atom stereocenters. The minimum absolute atomic E-state index is 0.0362. The van der Waals surface area contributed by atoms with Crippen molar-refractivity contribution in [2.24, 2.45) is 0 Å². The van der Waals surface area contributed by atoms with Gasteiger partial charge in [0.25, 0.3) is 8.32 Å². The number of benzene rings is 2. The molecule has 0 aromatic heterocycles. The number of rotatable bonds is 10. The van der Waals surface area contributed by atoms with Gasteiger partial charge in [-0.25, -0.2) is 0 Å². The van der Waals surface area contributed by atoms with Gasteiger partial charge in [-0.3, -0.25) is 0 Å². The predicted octanol–water partition coefficient (Wildman–Crippen LogP) is 7.14. The van der Waals surface area contributed by atoms with Crippen molar-refractivity contribution in [3.63, 3.8) is 0 Å². The number of hydrogen-bond acceptors (Lipinski definition) is 2. The van der Waals surface area contributed by atoms with Gasteiger partial charge in [0.2, 0.25) is 0 Å². The third-order valence-corrected chi connectivity index (χ3v) is 16.7. The molecule has 0 saturated carbocycles. The van der Waals surface area contributed by atoms with Crippen molar-refractivity contribution in [3.8, 4) is 0 Å². The Kier molecular flexibility index (Phi) is 9.14. The van der Waals surface area contributed by atoms with Crippen LogP contribution < -0.4 is 10.4 Å². The first-order chi connectivity index (χ1) is 14.8. The third-order valence-electron chi connectivity index (χ3n) is 7.04. The summed E-state index contributed by atoms with van der Waals surface area (Å²) >= 11 is 0. The standard InChI is InChI=1S/C28H46O2Si2/c1-24(30-31(8,9)27(2,3)4)18-16-17-23-29-32(28(5,6)7,25-19-12-10-13-20-25)26-21-14-11-15-22-26/h10-15,19-22,24H,16-18,23H2,1-9H3. The molecule has 32 heavy (non-hydrogen) atoms. The lowest BCUT2D eigenvalue weighted by Gasteiger charge is -2.43. The molecule has 0 spiro atoms. The molecule has 0 fully saturated rings. The zero-order valence-corrected chi connectivity index (χ0v) is 24.0. The van der Waals surface area contributed by atoms with Crippen LogP contribution >= 0.6 is 0 Å². The predicted molar refractivity (Wildman–Crippen MR) is 145 cm³/mol. The Hall–Kier alpha value is -1.21. The van der Waals surface area contributed by atoms with E-state index in [1.807, 2.05) is 0 Å². The summed E-state index contributed by atoms with van der Waals surface area (Å²) in [7, 11) is -4.12. The first-order valence-electron chi connectivity index (χ1n) is 12.2. The molecule has 0 bridgehead atoms. The molecule has 2 aromatic rings. The average molecular weight is 471 g/mol. The van der Waals surface area contributed by atoms with Gasteiger partial charge in [-0.2, -0.15) is 0 Å². The molecule has 0 N–H and O–H groups in total. The Bertz CT molecular complexity index is 765. The molecule has 2 rings (SSSR count). The van der Waals surface area contributed by atoms with Gasteiger partial charge >= 0.3 is 0 Å². The molecule has 4 heteroatoms. The molecular weight excluding hydrogens is 424 g/mol. The first-order valence-corrected chi connectivity index (χ1v) is 17.1. The van der Waals surface area contributed by atoms with Gasteiger partial charge in [0.05, 0.1) is 0 Å². The fourth-order valence-electron chi connectivity index (χ4n) is 4.26. The SMILES string of the molecule is CC(CCCCO[Si](c1ccccc1)(c1ccccc1)C(C)(C)C)O[Si](C)(C)C(C)(C)C. The molecule has 0 radical (unpaired) electrons. The molecule has 178 valence electrons. The summed E-state index contributed by atoms with van der Waals surface area (Å²) < 4.78 is 13.6. The smallest absolute Gasteiger partial charge is 0.261 e. The van der Waals surface area contributed by atoms with Crippen LogP contribution in [0.2, 0.25) is 23.2 Å². The molecule has 0 aliphatic heterocycles. The number of hydrogen-bond donors (Lipinski definition) is 0. The summed E-state index contributed by atoms with van der Waals surface area (Å²) in [6.07, 6.45) is 3.60. The van der Waals surface area contributed by atoms with E-state index in [-0.39, 0.29) is 10.1 Å². The van der Waals surface area contributed by atoms with E-state index >= 15 is 0 Å². The van der Waals surface area contributed by atoms with Crippen molar-refractivity contribution < 1.29 is 8.85 Å². The van der Waals surface area contributed by atoms with Crippen molar-refractivity contribution in [1.29, 1.82) is 0 Å². The van der Waals surface area contributed by atoms with Crippen molar-refractivity contribution in [1.82, 2.24) is 0 Å². The Morgan fingerprint density at radius 2 is 1.19 bits per heavy atom. The maximum Gasteiger partial charge on any atom is 0.261 e. The quantitative estimate of drug-likeness (QED) is 0.271. The highest BCUT2D eigenvalue weighted by Crippen LogP contribution is 2.38. The monoisotopic (exact) mass is 470 g/mol. The molecule has 2 nitrogen and oxygen atoms in total. The highest BCUT2D eigenvalue weighted by molar-refractivity contribution is 6.99. The van der Waals surface area contributed by atoms with Crippen LogP contribution in [0, 0.1) is 0 Å². The van der Waals surface area contributed by atoms with Gasteiger partial charge < -0.3 is 8.85 Å². The Balaban J connectivity index is 2.09. The fourth-order valence-corrected chi connectivity index (χ4v) is 10.3. The molecule has 0 aliphatic carbocycles. The van der Waals surface area contributed by atoms with Gasteiger partial charge in [-0.1, -0.05) is 102 Å². The van der Waals surface area contributed by atoms with E-state index < -0.39 is 16.6 Å². The highest BCUT2D eigenvalue weighted by Gasteiger charge is 2.50. The van der Waals surface area contributed by atoms with E-state index in [1.165, 1.54) is 10.4 Å². The van der Waals surface area contributed by atoms with E-state index in [1.54, 1.807) is 0 Å². The molecule has 0 amide bonds. The number of unbranched alkanes of at least 4 members (excludes halogenated alkanes) is 1. The zero-order valence-electron chi connectivity index (χ0n) is 22.0. The van der Waals surface area contributed by atoms with E-state index in [4.69, 9.17) is 8.85 Å². The lowest BCUT2D eigenvalue weighted by Crippen LogP contribution is -2.66. The second-order valence-corrected chi connectivity index (χ2v) is 20.8. The average Bonchev–Trinajstić information content (AvgIpc) is 2.70. The van der Waals surface area contributed by atoms with E-state index in [2.05, 4.69) is 122 Å². The maximum absolute atomic E-state index is 7.01. The highest BCUT2D eigenvalue weighted by atomic mass is 28.4. The van der Waals surface area contributed by atoms with Crippen molar-refractivity contribution >= 4 is 27.0 Å². The Morgan fingerprint density at radius 1 is 0.719 bits per heavy atom. The molecule has 2 aromatic carbocycles. The Morgan fingerprint density at radius 3 is 1.59 bits per heavy atom. The summed E-state index contributed by atoms with van der Waals surface area (Å²) in [4.78, 5) is 0. The van der Waals surface area contributed by atoms with Crippen LogP contribution in [-0.4, -0.2) is 29.3 Å². The fraction of sp³-hybridized carbons (Fsp3) is 0.571. The van der Waals surface area contributed by atoms with Crippen LogP contribution in [0.3, 0.4) is 0 Å². The summed E-state index contributed by atoms with van der Waals surface area (Å²) in [6.45, 7) is 21.7. The van der Waals surface area contributed by atoms with Gasteiger partial charge in [-0.05, 0) is 59.7 Å². The van der Waals surface area contributed by atoms with E-state index in [0.717, 1.165) is 25.9 Å². The maximum atomic E-state index is 7.01. The lowest BCUT2D eigenvalue weighted by atomic mass is 10.2. The van der Waals surface area contributed by atoms with Crippen LogP contribution in [0.5, 0.6) is 0 Å². The summed E-state index contributed by atoms with van der Waals surface area (Å²) in [6, 6.07) is 21.8. The van der Waals surface area contributed by atoms with Crippen molar-refractivity contribution in [3.05, 3.63) is 60.7 Å². The topological polar surface area (TPSA) is 18.5 Å². The Labute approximate surface area is 200 Å². The van der Waals surface area contributed by atoms with Gasteiger partial charge in [0.1, 0.15) is 0 Å². The van der Waals surface area contributed by atoms with Crippen LogP contribution in [0.15, 0.2) is 60.7 Å². The van der Waals surface area contributed by atoms with Crippen molar-refractivity contribution in [2.75, 3.05) is 6.61 Å². The second-order valence-electron chi connectivity index (χ2n) is 11.7. The lowest BCUT2D eigenvalue weighted by molar-refractivity contribution is 0.181. The van der Waals surface area contributed by atoms with E-state index in [0.29, 0.717) is 6.10 Å². The van der Waals surface area contributed by atoms with Gasteiger partial charge in [0.15, 0.2) is 8.32 Å². The normalized spacial score (nSPS) is 14.4. The van der Waals surface area contributed by atoms with Crippen LogP contribution in [0.4, 0.5) is 0 Å². The summed E-state index contributed by atoms with van der Waals surface area (Å²) in [5.74, 6) is 0. The van der Waals surface area contributed by atoms with Crippen LogP contribution in [-0.2, 0) is 8.85 Å². The molecule has 1 atom stereocenters. The van der Waals surface area contributed by atoms with Crippen LogP contribution in [0.1, 0.15) is 67.7 Å². The molecular formula is C28H46O2Si2. The van der Waals surface area contributed by atoms with Gasteiger partial charge in [-0.15, -0.1) is 0 Å². The van der Waals surface area contributed by atoms with Crippen molar-refractivity contribution in [2.45, 2.75) is 97.0 Å². The molecule has 0 heterocycles. The summed E-state index contributed by atoms with van der Waals surface area (Å²) in [5, 5.41) is 3.00. The van der Waals surface area contributed by atoms with E-state index in [9.17, 15) is 0 Å².